The molecule has 0 atom stereocenters. The van der Waals surface area contributed by atoms with Crippen LogP contribution in [0.5, 0.6) is 0 Å². The molecule has 4 N–H and O–H groups in total. The maximum absolute atomic E-state index is 12.3. The summed E-state index contributed by atoms with van der Waals surface area (Å²) in [5, 5.41) is 5.57. The molecule has 0 aromatic heterocycles. The van der Waals surface area contributed by atoms with E-state index < -0.39 is 5.54 Å². The summed E-state index contributed by atoms with van der Waals surface area (Å²) in [4.78, 5) is 25.7. The number of amides is 3. The molecule has 1 heterocycles. The molecule has 1 aromatic carbocycles. The summed E-state index contributed by atoms with van der Waals surface area (Å²) >= 11 is 0. The van der Waals surface area contributed by atoms with E-state index in [1.54, 1.807) is 30.9 Å². The van der Waals surface area contributed by atoms with Crippen molar-refractivity contribution in [3.63, 3.8) is 0 Å². The average Bonchev–Trinajstić information content (AvgIpc) is 2.42. The van der Waals surface area contributed by atoms with Gasteiger partial charge in [0.25, 0.3) is 0 Å². The molecular formula is C14H20N4O2. The Morgan fingerprint density at radius 2 is 2.05 bits per heavy atom. The molecule has 108 valence electrons. The minimum Gasteiger partial charge on any atom is -0.352 e. The number of carbonyl (C=O) groups is 2. The van der Waals surface area contributed by atoms with Crippen LogP contribution in [0.1, 0.15) is 19.4 Å². The third-order valence-electron chi connectivity index (χ3n) is 3.54. The highest BCUT2D eigenvalue weighted by atomic mass is 16.2. The van der Waals surface area contributed by atoms with Gasteiger partial charge in [-0.15, -0.1) is 0 Å². The minimum atomic E-state index is -0.848. The first-order valence-electron chi connectivity index (χ1n) is 6.61. The number of piperazine rings is 1. The van der Waals surface area contributed by atoms with E-state index in [1.807, 2.05) is 12.1 Å². The lowest BCUT2D eigenvalue weighted by atomic mass is 9.99. The molecule has 1 aromatic rings. The van der Waals surface area contributed by atoms with Gasteiger partial charge in [0.05, 0.1) is 0 Å². The first kappa shape index (κ1) is 14.3. The van der Waals surface area contributed by atoms with Gasteiger partial charge in [0, 0.05) is 25.3 Å². The normalized spacial score (nSPS) is 17.6. The summed E-state index contributed by atoms with van der Waals surface area (Å²) in [7, 11) is 0. The van der Waals surface area contributed by atoms with Crippen molar-refractivity contribution in [2.75, 3.05) is 18.4 Å². The van der Waals surface area contributed by atoms with Crippen LogP contribution >= 0.6 is 0 Å². The Hall–Kier alpha value is -2.08. The zero-order valence-corrected chi connectivity index (χ0v) is 11.8. The Kier molecular flexibility index (Phi) is 3.94. The summed E-state index contributed by atoms with van der Waals surface area (Å²) in [5.41, 5.74) is 6.37. The molecule has 3 amide bonds. The van der Waals surface area contributed by atoms with Gasteiger partial charge in [-0.2, -0.15) is 0 Å². The monoisotopic (exact) mass is 276 g/mol. The van der Waals surface area contributed by atoms with E-state index in [0.717, 1.165) is 5.56 Å². The Morgan fingerprint density at radius 1 is 1.40 bits per heavy atom. The Bertz CT molecular complexity index is 510. The highest BCUT2D eigenvalue weighted by Gasteiger charge is 2.40. The van der Waals surface area contributed by atoms with Crippen molar-refractivity contribution in [1.29, 1.82) is 0 Å². The first-order valence-corrected chi connectivity index (χ1v) is 6.61. The highest BCUT2D eigenvalue weighted by Crippen LogP contribution is 2.19. The van der Waals surface area contributed by atoms with E-state index >= 15 is 0 Å². The van der Waals surface area contributed by atoms with E-state index in [-0.39, 0.29) is 11.9 Å². The summed E-state index contributed by atoms with van der Waals surface area (Å²) in [6.45, 7) is 4.90. The van der Waals surface area contributed by atoms with Gasteiger partial charge in [0.15, 0.2) is 0 Å². The van der Waals surface area contributed by atoms with E-state index in [1.165, 1.54) is 0 Å². The number of carbonyl (C=O) groups excluding carboxylic acids is 2. The van der Waals surface area contributed by atoms with Gasteiger partial charge in [-0.1, -0.05) is 12.1 Å². The van der Waals surface area contributed by atoms with Gasteiger partial charge in [-0.3, -0.25) is 4.79 Å². The van der Waals surface area contributed by atoms with Crippen molar-refractivity contribution < 1.29 is 9.59 Å². The number of nitrogens with two attached hydrogens (primary N) is 1. The summed E-state index contributed by atoms with van der Waals surface area (Å²) < 4.78 is 0. The molecule has 1 aliphatic rings. The predicted molar refractivity (Wildman–Crippen MR) is 77.1 cm³/mol. The number of anilines is 1. The van der Waals surface area contributed by atoms with Crippen LogP contribution in [0.3, 0.4) is 0 Å². The molecule has 0 spiro atoms. The molecule has 1 aliphatic heterocycles. The van der Waals surface area contributed by atoms with E-state index in [0.29, 0.717) is 25.3 Å². The lowest BCUT2D eigenvalue weighted by Crippen LogP contribution is -2.64. The molecule has 1 fully saturated rings. The number of nitrogens with one attached hydrogen (secondary N) is 2. The summed E-state index contributed by atoms with van der Waals surface area (Å²) in [6, 6.07) is 7.06. The van der Waals surface area contributed by atoms with Gasteiger partial charge in [-0.05, 0) is 31.5 Å². The topological polar surface area (TPSA) is 87.5 Å². The molecule has 0 aliphatic carbocycles. The molecular weight excluding hydrogens is 256 g/mol. The number of hydrogen-bond donors (Lipinski definition) is 3. The second-order valence-corrected chi connectivity index (χ2v) is 5.30. The average molecular weight is 276 g/mol. The fraction of sp³-hybridized carbons (Fsp3) is 0.429. The van der Waals surface area contributed by atoms with Gasteiger partial charge < -0.3 is 21.3 Å². The lowest BCUT2D eigenvalue weighted by Gasteiger charge is -2.40. The quantitative estimate of drug-likeness (QED) is 0.749. The van der Waals surface area contributed by atoms with Crippen LogP contribution < -0.4 is 16.4 Å². The number of nitrogens with zero attached hydrogens (tertiary/aromatic N) is 1. The second-order valence-electron chi connectivity index (χ2n) is 5.30. The smallest absolute Gasteiger partial charge is 0.322 e. The number of benzene rings is 1. The van der Waals surface area contributed by atoms with E-state index in [4.69, 9.17) is 5.73 Å². The first-order chi connectivity index (χ1) is 9.45. The third kappa shape index (κ3) is 2.75. The van der Waals surface area contributed by atoms with Crippen LogP contribution in [0, 0.1) is 0 Å². The van der Waals surface area contributed by atoms with Crippen molar-refractivity contribution in [1.82, 2.24) is 10.2 Å². The standard InChI is InChI=1S/C14H20N4O2/c1-14(2)12(19)16-7-8-18(14)13(20)17-11-5-3-10(9-15)4-6-11/h3-6H,7-9,15H2,1-2H3,(H,16,19)(H,17,20). The molecule has 20 heavy (non-hydrogen) atoms. The maximum Gasteiger partial charge on any atom is 0.322 e. The number of urea groups is 1. The van der Waals surface area contributed by atoms with Crippen molar-refractivity contribution in [2.24, 2.45) is 5.73 Å². The molecule has 0 radical (unpaired) electrons. The summed E-state index contributed by atoms with van der Waals surface area (Å²) in [5.74, 6) is -0.141. The largest absolute Gasteiger partial charge is 0.352 e. The van der Waals surface area contributed by atoms with Crippen LogP contribution in [0.25, 0.3) is 0 Å². The SMILES string of the molecule is CC1(C)C(=O)NCCN1C(=O)Nc1ccc(CN)cc1. The fourth-order valence-corrected chi connectivity index (χ4v) is 2.17. The van der Waals surface area contributed by atoms with Crippen LogP contribution in [-0.2, 0) is 11.3 Å². The molecule has 2 rings (SSSR count). The predicted octanol–water partition coefficient (Wildman–Crippen LogP) is 0.888. The van der Waals surface area contributed by atoms with Gasteiger partial charge in [0.1, 0.15) is 5.54 Å². The Labute approximate surface area is 118 Å². The van der Waals surface area contributed by atoms with E-state index in [2.05, 4.69) is 10.6 Å². The van der Waals surface area contributed by atoms with Crippen LogP contribution in [0.4, 0.5) is 10.5 Å². The molecule has 1 saturated heterocycles. The maximum atomic E-state index is 12.3. The third-order valence-corrected chi connectivity index (χ3v) is 3.54. The van der Waals surface area contributed by atoms with Crippen molar-refractivity contribution in [3.8, 4) is 0 Å². The zero-order valence-electron chi connectivity index (χ0n) is 11.8. The zero-order chi connectivity index (χ0) is 14.8. The van der Waals surface area contributed by atoms with E-state index in [9.17, 15) is 9.59 Å². The summed E-state index contributed by atoms with van der Waals surface area (Å²) in [6.07, 6.45) is 0. The molecule has 0 unspecified atom stereocenters. The van der Waals surface area contributed by atoms with Crippen LogP contribution in [0.2, 0.25) is 0 Å². The molecule has 6 heteroatoms. The van der Waals surface area contributed by atoms with Crippen molar-refractivity contribution in [3.05, 3.63) is 29.8 Å². The van der Waals surface area contributed by atoms with Gasteiger partial charge >= 0.3 is 6.03 Å². The van der Waals surface area contributed by atoms with Gasteiger partial charge in [-0.25, -0.2) is 4.79 Å². The number of hydrogen-bond acceptors (Lipinski definition) is 3. The van der Waals surface area contributed by atoms with Gasteiger partial charge in [0.2, 0.25) is 5.91 Å². The van der Waals surface area contributed by atoms with Crippen molar-refractivity contribution >= 4 is 17.6 Å². The Balaban J connectivity index is 2.08. The van der Waals surface area contributed by atoms with Crippen LogP contribution in [-0.4, -0.2) is 35.5 Å². The molecule has 0 saturated carbocycles. The number of rotatable bonds is 2. The lowest BCUT2D eigenvalue weighted by molar-refractivity contribution is -0.132. The minimum absolute atomic E-state index is 0.141. The molecule has 6 nitrogen and oxygen atoms in total. The Morgan fingerprint density at radius 3 is 2.65 bits per heavy atom. The van der Waals surface area contributed by atoms with Crippen LogP contribution in [0.15, 0.2) is 24.3 Å². The van der Waals surface area contributed by atoms with Crippen molar-refractivity contribution in [2.45, 2.75) is 25.9 Å². The molecule has 0 bridgehead atoms. The highest BCUT2D eigenvalue weighted by molar-refractivity contribution is 5.96. The fourth-order valence-electron chi connectivity index (χ4n) is 2.17. The second kappa shape index (κ2) is 5.50.